The average Bonchev–Trinajstić information content (AvgIpc) is 3.03. The summed E-state index contributed by atoms with van der Waals surface area (Å²) in [5.41, 5.74) is 5.46. The van der Waals surface area contributed by atoms with E-state index in [2.05, 4.69) is 123 Å². The summed E-state index contributed by atoms with van der Waals surface area (Å²) in [6.07, 6.45) is 6.94. The van der Waals surface area contributed by atoms with Crippen LogP contribution in [-0.4, -0.2) is 22.9 Å². The molecule has 27 heavy (non-hydrogen) atoms. The van der Waals surface area contributed by atoms with E-state index in [1.807, 2.05) is 0 Å². The predicted octanol–water partition coefficient (Wildman–Crippen LogP) is 4.77. The van der Waals surface area contributed by atoms with Crippen LogP contribution >= 0.6 is 0 Å². The third-order valence-electron chi connectivity index (χ3n) is 5.65. The smallest absolute Gasteiger partial charge is 0.310 e. The van der Waals surface area contributed by atoms with Crippen molar-refractivity contribution in [3.05, 3.63) is 78.8 Å². The lowest BCUT2D eigenvalue weighted by atomic mass is 9.53. The van der Waals surface area contributed by atoms with Crippen molar-refractivity contribution >= 4 is 23.6 Å². The van der Waals surface area contributed by atoms with Crippen LogP contribution in [-0.2, 0) is 0 Å². The van der Waals surface area contributed by atoms with Gasteiger partial charge in [-0.25, -0.2) is 0 Å². The second-order valence-corrected chi connectivity index (χ2v) is 8.49. The lowest BCUT2D eigenvalue weighted by Gasteiger charge is -2.44. The highest BCUT2D eigenvalue weighted by molar-refractivity contribution is 6.71. The van der Waals surface area contributed by atoms with Gasteiger partial charge in [0.2, 0.25) is 0 Å². The Labute approximate surface area is 163 Å². The Morgan fingerprint density at radius 3 is 2.26 bits per heavy atom. The molecule has 2 aliphatic rings. The Morgan fingerprint density at radius 2 is 1.56 bits per heavy atom. The molecule has 0 unspecified atom stereocenters. The van der Waals surface area contributed by atoms with Crippen molar-refractivity contribution < 1.29 is 0 Å². The van der Waals surface area contributed by atoms with Gasteiger partial charge in [-0.3, -0.25) is 5.01 Å². The van der Waals surface area contributed by atoms with Crippen LogP contribution in [0, 0.1) is 5.41 Å². The highest BCUT2D eigenvalue weighted by atomic mass is 15.7. The Hall–Kier alpha value is -2.62. The van der Waals surface area contributed by atoms with Crippen LogP contribution in [0.3, 0.4) is 0 Å². The molecule has 0 N–H and O–H groups in total. The molecule has 0 radical (unpaired) electrons. The molecule has 138 valence electrons. The lowest BCUT2D eigenvalue weighted by Crippen LogP contribution is -2.57. The molecule has 0 bridgehead atoms. The maximum absolute atomic E-state index is 2.40. The van der Waals surface area contributed by atoms with Crippen LogP contribution in [0.25, 0.3) is 5.57 Å². The van der Waals surface area contributed by atoms with Gasteiger partial charge in [0.1, 0.15) is 6.17 Å². The van der Waals surface area contributed by atoms with E-state index in [1.54, 1.807) is 0 Å². The molecule has 2 aromatic rings. The quantitative estimate of drug-likeness (QED) is 0.717. The third-order valence-corrected chi connectivity index (χ3v) is 5.65. The molecular formula is C23H28BN3. The molecule has 0 spiro atoms. The maximum atomic E-state index is 2.40. The van der Waals surface area contributed by atoms with Gasteiger partial charge in [0, 0.05) is 24.3 Å². The first-order chi connectivity index (χ1) is 12.9. The molecule has 2 heterocycles. The number of allylic oxidation sites excluding steroid dienone is 1. The molecule has 4 rings (SSSR count). The molecule has 0 saturated heterocycles. The summed E-state index contributed by atoms with van der Waals surface area (Å²) in [7, 11) is 0. The minimum Gasteiger partial charge on any atom is -0.329 e. The number of para-hydroxylation sites is 1. The number of hydrazine groups is 1. The lowest BCUT2D eigenvalue weighted by molar-refractivity contribution is 0.134. The molecule has 1 atom stereocenters. The maximum Gasteiger partial charge on any atom is 0.310 e. The number of hydrogen-bond donors (Lipinski definition) is 0. The van der Waals surface area contributed by atoms with Gasteiger partial charge < -0.3 is 9.82 Å². The highest BCUT2D eigenvalue weighted by Gasteiger charge is 2.37. The van der Waals surface area contributed by atoms with Crippen LogP contribution in [0.4, 0.5) is 5.69 Å². The fraction of sp³-hybridized carbons (Fsp3) is 0.304. The molecule has 3 nitrogen and oxygen atoms in total. The Kier molecular flexibility index (Phi) is 4.30. The van der Waals surface area contributed by atoms with Gasteiger partial charge in [0.15, 0.2) is 0 Å². The van der Waals surface area contributed by atoms with E-state index < -0.39 is 0 Å². The first-order valence-corrected chi connectivity index (χ1v) is 9.78. The van der Waals surface area contributed by atoms with Gasteiger partial charge in [0.05, 0.1) is 0 Å². The monoisotopic (exact) mass is 357 g/mol. The number of hydrogen-bond acceptors (Lipinski definition) is 3. The first kappa shape index (κ1) is 17.8. The van der Waals surface area contributed by atoms with E-state index in [0.29, 0.717) is 0 Å². The van der Waals surface area contributed by atoms with Gasteiger partial charge in [0.25, 0.3) is 0 Å². The van der Waals surface area contributed by atoms with Crippen LogP contribution in [0.15, 0.2) is 73.2 Å². The highest BCUT2D eigenvalue weighted by Crippen LogP contribution is 2.37. The molecule has 0 saturated carbocycles. The van der Waals surface area contributed by atoms with Crippen LogP contribution < -0.4 is 10.4 Å². The van der Waals surface area contributed by atoms with E-state index in [4.69, 9.17) is 0 Å². The zero-order chi connectivity index (χ0) is 19.2. The van der Waals surface area contributed by atoms with Crippen molar-refractivity contribution in [3.8, 4) is 0 Å². The zero-order valence-electron chi connectivity index (χ0n) is 16.9. The van der Waals surface area contributed by atoms with E-state index in [-0.39, 0.29) is 18.4 Å². The molecule has 4 heteroatoms. The second kappa shape index (κ2) is 6.52. The average molecular weight is 357 g/mol. The molecule has 2 aromatic carbocycles. The summed E-state index contributed by atoms with van der Waals surface area (Å²) >= 11 is 0. The fourth-order valence-electron chi connectivity index (χ4n) is 4.12. The summed E-state index contributed by atoms with van der Waals surface area (Å²) < 4.78 is 0. The van der Waals surface area contributed by atoms with Crippen molar-refractivity contribution in [2.24, 2.45) is 5.41 Å². The van der Waals surface area contributed by atoms with Crippen molar-refractivity contribution in [2.45, 2.75) is 40.7 Å². The summed E-state index contributed by atoms with van der Waals surface area (Å²) in [5.74, 6) is 0. The minimum absolute atomic E-state index is 0.0836. The SMILES string of the molecule is CB1c2ccccc2C(C(C)(C)C)=CN1N1C=CN(c2ccccc2)[C@@H]1C. The van der Waals surface area contributed by atoms with Crippen LogP contribution in [0.2, 0.25) is 6.82 Å². The van der Waals surface area contributed by atoms with Crippen molar-refractivity contribution in [2.75, 3.05) is 4.90 Å². The summed E-state index contributed by atoms with van der Waals surface area (Å²) in [5, 5.41) is 2.35. The van der Waals surface area contributed by atoms with Crippen molar-refractivity contribution in [1.29, 1.82) is 0 Å². The molecule has 0 fully saturated rings. The van der Waals surface area contributed by atoms with E-state index >= 15 is 0 Å². The second-order valence-electron chi connectivity index (χ2n) is 8.49. The molecule has 0 aliphatic carbocycles. The Bertz CT molecular complexity index is 882. The molecule has 0 amide bonds. The Balaban J connectivity index is 1.71. The minimum atomic E-state index is 0.0836. The van der Waals surface area contributed by atoms with Gasteiger partial charge in [-0.05, 0) is 41.1 Å². The Morgan fingerprint density at radius 1 is 0.889 bits per heavy atom. The van der Waals surface area contributed by atoms with Crippen molar-refractivity contribution in [3.63, 3.8) is 0 Å². The summed E-state index contributed by atoms with van der Waals surface area (Å²) in [6.45, 7) is 11.7. The first-order valence-electron chi connectivity index (χ1n) is 9.78. The molecule has 2 aliphatic heterocycles. The third kappa shape index (κ3) is 3.03. The van der Waals surface area contributed by atoms with Gasteiger partial charge in [-0.1, -0.05) is 70.1 Å². The molecular weight excluding hydrogens is 329 g/mol. The van der Waals surface area contributed by atoms with E-state index in [0.717, 1.165) is 0 Å². The summed E-state index contributed by atoms with van der Waals surface area (Å²) in [4.78, 5) is 4.71. The normalized spacial score (nSPS) is 19.4. The number of benzene rings is 2. The molecule has 0 aromatic heterocycles. The zero-order valence-corrected chi connectivity index (χ0v) is 16.9. The van der Waals surface area contributed by atoms with Gasteiger partial charge >= 0.3 is 6.85 Å². The standard InChI is InChI=1S/C23H28BN3/c1-18-25(19-11-7-6-8-12-19)15-16-26(18)27-17-21(23(2,3)4)20-13-9-10-14-22(20)24(27)5/h6-18H,1-5H3/t18-/m0/s1. The topological polar surface area (TPSA) is 9.72 Å². The van der Waals surface area contributed by atoms with Gasteiger partial charge in [-0.15, -0.1) is 0 Å². The number of rotatable bonds is 2. The van der Waals surface area contributed by atoms with Crippen LogP contribution in [0.1, 0.15) is 33.3 Å². The van der Waals surface area contributed by atoms with Gasteiger partial charge in [-0.2, -0.15) is 0 Å². The number of anilines is 1. The van der Waals surface area contributed by atoms with Crippen LogP contribution in [0.5, 0.6) is 0 Å². The van der Waals surface area contributed by atoms with E-state index in [1.165, 1.54) is 22.3 Å². The van der Waals surface area contributed by atoms with Crippen molar-refractivity contribution in [1.82, 2.24) is 9.93 Å². The fourth-order valence-corrected chi connectivity index (χ4v) is 4.12. The predicted molar refractivity (Wildman–Crippen MR) is 116 cm³/mol. The summed E-state index contributed by atoms with van der Waals surface area (Å²) in [6, 6.07) is 19.4. The van der Waals surface area contributed by atoms with E-state index in [9.17, 15) is 0 Å². The number of fused-ring (bicyclic) bond motifs is 1. The number of nitrogens with zero attached hydrogens (tertiary/aromatic N) is 3. The largest absolute Gasteiger partial charge is 0.329 e.